The number of aryl methyl sites for hydroxylation is 1. The predicted molar refractivity (Wildman–Crippen MR) is 146 cm³/mol. The summed E-state index contributed by atoms with van der Waals surface area (Å²) in [6.45, 7) is 8.96. The summed E-state index contributed by atoms with van der Waals surface area (Å²) in [6.07, 6.45) is 12.9. The number of rotatable bonds is 9. The lowest BCUT2D eigenvalue weighted by Gasteiger charge is -2.11. The number of aliphatic hydroxyl groups is 1. The Bertz CT molecular complexity index is 985. The highest BCUT2D eigenvalue weighted by atomic mass is 32.3. The van der Waals surface area contributed by atoms with E-state index in [0.717, 1.165) is 40.3 Å². The van der Waals surface area contributed by atoms with Crippen LogP contribution in [-0.4, -0.2) is 59.9 Å². The minimum atomic E-state index is -4.41. The highest BCUT2D eigenvalue weighted by Crippen LogP contribution is 2.22. The summed E-state index contributed by atoms with van der Waals surface area (Å²) in [7, 11) is -2.16. The Balaban J connectivity index is -0.000000436. The van der Waals surface area contributed by atoms with Gasteiger partial charge in [-0.3, -0.25) is 17.5 Å². The van der Waals surface area contributed by atoms with Crippen molar-refractivity contribution in [3.8, 4) is 0 Å². The van der Waals surface area contributed by atoms with Crippen LogP contribution >= 0.6 is 0 Å². The first-order valence-corrected chi connectivity index (χ1v) is 14.7. The van der Waals surface area contributed by atoms with Crippen molar-refractivity contribution in [3.63, 3.8) is 0 Å². The van der Waals surface area contributed by atoms with Crippen molar-refractivity contribution in [2.45, 2.75) is 65.2 Å². The van der Waals surface area contributed by atoms with Crippen LogP contribution < -0.4 is 4.57 Å². The molecular formula is C25H46N2O9S2. The molecule has 0 unspecified atom stereocenters. The average Bonchev–Trinajstić information content (AvgIpc) is 2.93. The second kappa shape index (κ2) is 24.1. The van der Waals surface area contributed by atoms with Crippen molar-refractivity contribution in [2.24, 2.45) is 7.05 Å². The van der Waals surface area contributed by atoms with Gasteiger partial charge >= 0.3 is 10.4 Å². The van der Waals surface area contributed by atoms with Crippen LogP contribution in [0.3, 0.4) is 0 Å². The van der Waals surface area contributed by atoms with E-state index >= 15 is 0 Å². The van der Waals surface area contributed by atoms with Crippen LogP contribution in [0.1, 0.15) is 76.3 Å². The molecule has 13 heteroatoms. The first-order valence-electron chi connectivity index (χ1n) is 12.0. The van der Waals surface area contributed by atoms with E-state index < -0.39 is 20.8 Å². The van der Waals surface area contributed by atoms with Gasteiger partial charge in [0.2, 0.25) is 10.4 Å². The van der Waals surface area contributed by atoms with Gasteiger partial charge in [-0.2, -0.15) is 8.42 Å². The van der Waals surface area contributed by atoms with Gasteiger partial charge < -0.3 is 9.66 Å². The maximum Gasteiger partial charge on any atom is 0.399 e. The topological polar surface area (TPSA) is 156 Å². The Hall–Kier alpha value is -2.00. The molecule has 0 aliphatic heterocycles. The molecule has 0 radical (unpaired) electrons. The van der Waals surface area contributed by atoms with Gasteiger partial charge in [-0.1, -0.05) is 27.7 Å². The molecule has 2 heterocycles. The summed E-state index contributed by atoms with van der Waals surface area (Å²) in [5, 5.41) is 7.00. The van der Waals surface area contributed by atoms with Crippen molar-refractivity contribution in [2.75, 3.05) is 28.4 Å². The van der Waals surface area contributed by atoms with Crippen LogP contribution in [0.5, 0.6) is 0 Å². The van der Waals surface area contributed by atoms with Crippen LogP contribution in [0, 0.1) is 0 Å². The van der Waals surface area contributed by atoms with Crippen LogP contribution in [0.4, 0.5) is 0 Å². The van der Waals surface area contributed by atoms with Gasteiger partial charge in [0.15, 0.2) is 12.4 Å². The highest BCUT2D eigenvalue weighted by Gasteiger charge is 2.07. The van der Waals surface area contributed by atoms with Gasteiger partial charge in [-0.15, -0.1) is 0 Å². The lowest BCUT2D eigenvalue weighted by Crippen LogP contribution is -2.26. The van der Waals surface area contributed by atoms with Crippen LogP contribution in [0.25, 0.3) is 0 Å². The summed E-state index contributed by atoms with van der Waals surface area (Å²) in [4.78, 5) is 4.00. The molecule has 0 saturated heterocycles. The van der Waals surface area contributed by atoms with Gasteiger partial charge in [0.1, 0.15) is 7.05 Å². The van der Waals surface area contributed by atoms with Crippen molar-refractivity contribution in [1.29, 1.82) is 0 Å². The Morgan fingerprint density at radius 1 is 0.763 bits per heavy atom. The lowest BCUT2D eigenvalue weighted by molar-refractivity contribution is -0.671. The van der Waals surface area contributed by atoms with Crippen LogP contribution in [0.15, 0.2) is 49.1 Å². The standard InChI is InChI=1S/C11H18N.C10H15N.C2H6O4S.CH4O4S.CH4O/c1-4-10(5-2)11-6-8-12(3)9-7-11;1-3-9(4-2)10-5-7-11-8-6-10;1-5-7(3,4)6-2;1-5-6(2,3)4;1-2/h6-10H,4-5H2,1-3H3;5-9H,3-4H2,1-2H3;1-2H3;1H3,(H,2,3,4);2H,1H3/q+1;;;;/p-1. The SMILES string of the molecule is CCC(CC)c1cc[n+](C)cc1.CCC(CC)c1ccncc1.CO.COS(=O)(=O)OC.COS(=O)(=O)[O-]. The van der Waals surface area contributed by atoms with E-state index in [0.29, 0.717) is 0 Å². The Kier molecular flexibility index (Phi) is 25.6. The molecule has 0 fully saturated rings. The van der Waals surface area contributed by atoms with Crippen LogP contribution in [0.2, 0.25) is 0 Å². The molecule has 2 rings (SSSR count). The Morgan fingerprint density at radius 2 is 1.08 bits per heavy atom. The molecule has 0 atom stereocenters. The minimum Gasteiger partial charge on any atom is -0.726 e. The number of pyridine rings is 2. The summed E-state index contributed by atoms with van der Waals surface area (Å²) >= 11 is 0. The van der Waals surface area contributed by atoms with E-state index in [2.05, 4.69) is 93.5 Å². The average molecular weight is 583 g/mol. The number of hydrogen-bond donors (Lipinski definition) is 1. The second-order valence-corrected chi connectivity index (χ2v) is 10.1. The third-order valence-corrected chi connectivity index (χ3v) is 6.46. The maximum atomic E-state index is 9.92. The molecule has 11 nitrogen and oxygen atoms in total. The molecule has 2 aromatic rings. The Morgan fingerprint density at radius 3 is 1.32 bits per heavy atom. The molecule has 0 spiro atoms. The molecule has 0 bridgehead atoms. The smallest absolute Gasteiger partial charge is 0.399 e. The fourth-order valence-electron chi connectivity index (χ4n) is 3.01. The number of nitrogens with zero attached hydrogens (tertiary/aromatic N) is 2. The van der Waals surface area contributed by atoms with E-state index in [-0.39, 0.29) is 0 Å². The van der Waals surface area contributed by atoms with Crippen LogP contribution in [-0.2, 0) is 40.4 Å². The first-order chi connectivity index (χ1) is 17.8. The van der Waals surface area contributed by atoms with Crippen molar-refractivity contribution < 1.29 is 43.6 Å². The number of aliphatic hydroxyl groups excluding tert-OH is 1. The third kappa shape index (κ3) is 22.0. The fourth-order valence-corrected chi connectivity index (χ4v) is 3.14. The zero-order valence-corrected chi connectivity index (χ0v) is 25.7. The van der Waals surface area contributed by atoms with Gasteiger partial charge in [0.05, 0.1) is 21.3 Å². The molecule has 222 valence electrons. The summed E-state index contributed by atoms with van der Waals surface area (Å²) < 4.78 is 60.6. The molecule has 0 aliphatic rings. The molecular weight excluding hydrogens is 536 g/mol. The van der Waals surface area contributed by atoms with Gasteiger partial charge in [-0.05, 0) is 60.8 Å². The molecule has 1 N–H and O–H groups in total. The van der Waals surface area contributed by atoms with Crippen molar-refractivity contribution >= 4 is 20.8 Å². The monoisotopic (exact) mass is 582 g/mol. The summed E-state index contributed by atoms with van der Waals surface area (Å²) in [6, 6.07) is 8.66. The minimum absolute atomic E-state index is 0.720. The highest BCUT2D eigenvalue weighted by molar-refractivity contribution is 7.81. The van der Waals surface area contributed by atoms with E-state index in [1.165, 1.54) is 36.8 Å². The summed E-state index contributed by atoms with van der Waals surface area (Å²) in [5.74, 6) is 1.46. The molecule has 0 aliphatic carbocycles. The fraction of sp³-hybridized carbons (Fsp3) is 0.600. The molecule has 0 saturated carbocycles. The normalized spacial score (nSPS) is 10.6. The molecule has 0 aromatic carbocycles. The van der Waals surface area contributed by atoms with Gasteiger partial charge in [0, 0.05) is 31.6 Å². The second-order valence-electron chi connectivity index (χ2n) is 7.42. The largest absolute Gasteiger partial charge is 0.726 e. The van der Waals surface area contributed by atoms with E-state index in [1.54, 1.807) is 0 Å². The zero-order chi connectivity index (χ0) is 30.2. The maximum absolute atomic E-state index is 9.92. The van der Waals surface area contributed by atoms with Gasteiger partial charge in [-0.25, -0.2) is 13.0 Å². The number of aromatic nitrogens is 2. The summed E-state index contributed by atoms with van der Waals surface area (Å²) in [5.41, 5.74) is 2.89. The van der Waals surface area contributed by atoms with E-state index in [9.17, 15) is 21.4 Å². The quantitative estimate of drug-likeness (QED) is 0.263. The third-order valence-electron chi connectivity index (χ3n) is 5.24. The lowest BCUT2D eigenvalue weighted by atomic mass is 9.95. The predicted octanol–water partition coefficient (Wildman–Crippen LogP) is 3.63. The van der Waals surface area contributed by atoms with Gasteiger partial charge in [0.25, 0.3) is 0 Å². The number of hydrogen-bond acceptors (Lipinski definition) is 10. The molecule has 2 aromatic heterocycles. The Labute approximate surface area is 230 Å². The van der Waals surface area contributed by atoms with E-state index in [4.69, 9.17) is 5.11 Å². The molecule has 38 heavy (non-hydrogen) atoms. The van der Waals surface area contributed by atoms with Crippen molar-refractivity contribution in [3.05, 3.63) is 60.2 Å². The van der Waals surface area contributed by atoms with Crippen molar-refractivity contribution in [1.82, 2.24) is 4.98 Å². The molecule has 0 amide bonds. The zero-order valence-electron chi connectivity index (χ0n) is 24.0. The van der Waals surface area contributed by atoms with E-state index in [1.807, 2.05) is 12.4 Å². The first kappa shape index (κ1) is 40.5.